The summed E-state index contributed by atoms with van der Waals surface area (Å²) in [5.41, 5.74) is 3.74. The van der Waals surface area contributed by atoms with E-state index in [0.717, 1.165) is 22.0 Å². The van der Waals surface area contributed by atoms with Crippen molar-refractivity contribution in [3.05, 3.63) is 82.0 Å². The summed E-state index contributed by atoms with van der Waals surface area (Å²) in [6.45, 7) is 4.90. The number of amidine groups is 1. The summed E-state index contributed by atoms with van der Waals surface area (Å²) in [5, 5.41) is 2.67. The first-order chi connectivity index (χ1) is 18.4. The van der Waals surface area contributed by atoms with E-state index in [9.17, 15) is 9.59 Å². The average molecular weight is 536 g/mol. The molecule has 0 N–H and O–H groups in total. The molecule has 2 aromatic carbocycles. The number of hydrogen-bond donors (Lipinski definition) is 0. The molecule has 4 rings (SSSR count). The Kier molecular flexibility index (Phi) is 8.78. The van der Waals surface area contributed by atoms with Gasteiger partial charge in [0.1, 0.15) is 6.61 Å². The average Bonchev–Trinajstić information content (AvgIpc) is 3.36. The lowest BCUT2D eigenvalue weighted by molar-refractivity contribution is -0.136. The molecule has 0 saturated carbocycles. The number of nitrogens with zero attached hydrogens (tertiary/aromatic N) is 3. The zero-order valence-electron chi connectivity index (χ0n) is 22.4. The molecule has 0 aromatic heterocycles. The molecule has 2 aliphatic rings. The van der Waals surface area contributed by atoms with Gasteiger partial charge in [-0.25, -0.2) is 9.79 Å². The fourth-order valence-corrected chi connectivity index (χ4v) is 5.34. The van der Waals surface area contributed by atoms with Crippen LogP contribution < -0.4 is 9.47 Å². The third-order valence-electron chi connectivity index (χ3n) is 6.60. The normalized spacial score (nSPS) is 16.4. The van der Waals surface area contributed by atoms with Gasteiger partial charge in [0.15, 0.2) is 16.7 Å². The highest BCUT2D eigenvalue weighted by Gasteiger charge is 2.42. The van der Waals surface area contributed by atoms with Gasteiger partial charge in [-0.2, -0.15) is 0 Å². The number of ether oxygens (including phenoxy) is 3. The predicted octanol–water partition coefficient (Wildman–Crippen LogP) is 5.28. The number of allylic oxidation sites excluding steroid dienone is 1. The Morgan fingerprint density at radius 2 is 1.84 bits per heavy atom. The maximum absolute atomic E-state index is 13.1. The lowest BCUT2D eigenvalue weighted by atomic mass is 9.92. The van der Waals surface area contributed by atoms with E-state index in [1.165, 1.54) is 18.9 Å². The van der Waals surface area contributed by atoms with Crippen LogP contribution in [0.5, 0.6) is 11.5 Å². The monoisotopic (exact) mass is 535 g/mol. The van der Waals surface area contributed by atoms with Crippen molar-refractivity contribution >= 4 is 28.8 Å². The van der Waals surface area contributed by atoms with Gasteiger partial charge in [-0.3, -0.25) is 4.79 Å². The second-order valence-corrected chi connectivity index (χ2v) is 9.71. The van der Waals surface area contributed by atoms with E-state index in [2.05, 4.69) is 0 Å². The molecule has 2 heterocycles. The highest BCUT2D eigenvalue weighted by Crippen LogP contribution is 2.46. The molecule has 0 bridgehead atoms. The Balaban J connectivity index is 1.74. The number of thioether (sulfide) groups is 1. The molecule has 0 fully saturated rings. The van der Waals surface area contributed by atoms with Gasteiger partial charge in [-0.05, 0) is 42.0 Å². The van der Waals surface area contributed by atoms with Gasteiger partial charge < -0.3 is 24.0 Å². The molecule has 8 nitrogen and oxygen atoms in total. The summed E-state index contributed by atoms with van der Waals surface area (Å²) in [4.78, 5) is 34.4. The van der Waals surface area contributed by atoms with Crippen LogP contribution >= 0.6 is 11.8 Å². The molecule has 0 radical (unpaired) electrons. The number of carbonyl (C=O) groups excluding carboxylic acids is 2. The summed E-state index contributed by atoms with van der Waals surface area (Å²) in [6, 6.07) is 15.0. The Bertz CT molecular complexity index is 1290. The van der Waals surface area contributed by atoms with Crippen LogP contribution in [0.1, 0.15) is 43.9 Å². The third-order valence-corrected chi connectivity index (χ3v) is 7.49. The molecule has 38 heavy (non-hydrogen) atoms. The van der Waals surface area contributed by atoms with Gasteiger partial charge in [0, 0.05) is 19.3 Å². The molecule has 0 saturated heterocycles. The predicted molar refractivity (Wildman–Crippen MR) is 149 cm³/mol. The van der Waals surface area contributed by atoms with Gasteiger partial charge >= 0.3 is 5.97 Å². The van der Waals surface area contributed by atoms with E-state index in [0.29, 0.717) is 42.3 Å². The minimum Gasteiger partial charge on any atom is -0.493 e. The van der Waals surface area contributed by atoms with Gasteiger partial charge in [0.2, 0.25) is 5.91 Å². The topological polar surface area (TPSA) is 80.7 Å². The van der Waals surface area contributed by atoms with Gasteiger partial charge in [0.05, 0.1) is 38.0 Å². The summed E-state index contributed by atoms with van der Waals surface area (Å²) in [5.74, 6) is 0.678. The molecule has 2 aliphatic heterocycles. The molecule has 200 valence electrons. The summed E-state index contributed by atoms with van der Waals surface area (Å²) in [6.07, 6.45) is 0.749. The van der Waals surface area contributed by atoms with Crippen LogP contribution in [0.15, 0.2) is 75.9 Å². The molecular weight excluding hydrogens is 502 g/mol. The quantitative estimate of drug-likeness (QED) is 0.383. The van der Waals surface area contributed by atoms with Crippen molar-refractivity contribution in [3.63, 3.8) is 0 Å². The number of methoxy groups -OCH3 is 2. The third kappa shape index (κ3) is 5.57. The summed E-state index contributed by atoms with van der Waals surface area (Å²) >= 11 is 1.45. The lowest BCUT2D eigenvalue weighted by Crippen LogP contribution is -2.38. The molecule has 1 atom stereocenters. The molecule has 2 aromatic rings. The van der Waals surface area contributed by atoms with E-state index < -0.39 is 12.0 Å². The van der Waals surface area contributed by atoms with Crippen molar-refractivity contribution < 1.29 is 23.8 Å². The van der Waals surface area contributed by atoms with Gasteiger partial charge in [0.25, 0.3) is 0 Å². The highest BCUT2D eigenvalue weighted by molar-refractivity contribution is 8.16. The number of aliphatic imine (C=N–C) groups is 1. The second kappa shape index (κ2) is 12.2. The Morgan fingerprint density at radius 3 is 2.50 bits per heavy atom. The van der Waals surface area contributed by atoms with E-state index in [4.69, 9.17) is 19.2 Å². The summed E-state index contributed by atoms with van der Waals surface area (Å²) < 4.78 is 17.0. The SMILES string of the molecule is CCC1=C(C(=O)OC)[C@@H](c2ccc(OCc3ccccc3)c(OC)c2)N2C(CC(=O)N(C)CC)=CSC2=N1. The van der Waals surface area contributed by atoms with E-state index in [-0.39, 0.29) is 12.3 Å². The lowest BCUT2D eigenvalue weighted by Gasteiger charge is -2.37. The number of carbonyl (C=O) groups is 2. The van der Waals surface area contributed by atoms with Crippen molar-refractivity contribution in [2.45, 2.75) is 39.3 Å². The fourth-order valence-electron chi connectivity index (χ4n) is 4.40. The first-order valence-corrected chi connectivity index (χ1v) is 13.4. The molecule has 0 aliphatic carbocycles. The van der Waals surface area contributed by atoms with Crippen LogP contribution in [0.25, 0.3) is 0 Å². The molecule has 1 amide bonds. The number of esters is 1. The van der Waals surface area contributed by atoms with Crippen LogP contribution in [0.4, 0.5) is 0 Å². The maximum Gasteiger partial charge on any atom is 0.338 e. The van der Waals surface area contributed by atoms with Crippen LogP contribution in [-0.2, 0) is 20.9 Å². The Hall–Kier alpha value is -3.72. The van der Waals surface area contributed by atoms with E-state index in [1.807, 2.05) is 72.7 Å². The molecule has 0 unspecified atom stereocenters. The first-order valence-electron chi connectivity index (χ1n) is 12.5. The Morgan fingerprint density at radius 1 is 1.08 bits per heavy atom. The van der Waals surface area contributed by atoms with Gasteiger partial charge in [-0.1, -0.05) is 55.1 Å². The van der Waals surface area contributed by atoms with Crippen LogP contribution in [0, 0.1) is 0 Å². The number of fused-ring (bicyclic) bond motifs is 1. The van der Waals surface area contributed by atoms with E-state index in [1.54, 1.807) is 19.1 Å². The fraction of sp³-hybridized carbons (Fsp3) is 0.345. The first kappa shape index (κ1) is 27.3. The smallest absolute Gasteiger partial charge is 0.338 e. The van der Waals surface area contributed by atoms with Crippen molar-refractivity contribution in [1.29, 1.82) is 0 Å². The summed E-state index contributed by atoms with van der Waals surface area (Å²) in [7, 11) is 4.74. The number of rotatable bonds is 10. The number of benzene rings is 2. The highest BCUT2D eigenvalue weighted by atomic mass is 32.2. The maximum atomic E-state index is 13.1. The number of amides is 1. The van der Waals surface area contributed by atoms with Gasteiger partial charge in [-0.15, -0.1) is 0 Å². The van der Waals surface area contributed by atoms with Crippen molar-refractivity contribution in [3.8, 4) is 11.5 Å². The largest absolute Gasteiger partial charge is 0.493 e. The van der Waals surface area contributed by atoms with Crippen molar-refractivity contribution in [1.82, 2.24) is 9.80 Å². The Labute approximate surface area is 228 Å². The standard InChI is InChI=1S/C29H33N3O5S/c1-6-22-26(28(34)36-5)27(32-21(18-38-29(32)30-22)16-25(33)31(3)7-2)20-13-14-23(24(15-20)35-4)37-17-19-11-9-8-10-12-19/h8-15,18,27H,6-7,16-17H2,1-5H3/t27-/m1/s1. The minimum atomic E-state index is -0.539. The van der Waals surface area contributed by atoms with Crippen LogP contribution in [0.3, 0.4) is 0 Å². The minimum absolute atomic E-state index is 0.00789. The van der Waals surface area contributed by atoms with E-state index >= 15 is 0 Å². The molecule has 9 heteroatoms. The zero-order valence-corrected chi connectivity index (χ0v) is 23.2. The zero-order chi connectivity index (χ0) is 27.2. The number of hydrogen-bond acceptors (Lipinski definition) is 8. The van der Waals surface area contributed by atoms with Crippen LogP contribution in [-0.4, -0.2) is 54.7 Å². The second-order valence-electron chi connectivity index (χ2n) is 8.87. The van der Waals surface area contributed by atoms with Crippen molar-refractivity contribution in [2.75, 3.05) is 27.8 Å². The molecule has 0 spiro atoms. The molecular formula is C29H33N3O5S. The van der Waals surface area contributed by atoms with Crippen LogP contribution in [0.2, 0.25) is 0 Å². The van der Waals surface area contributed by atoms with Crippen molar-refractivity contribution in [2.24, 2.45) is 4.99 Å².